The van der Waals surface area contributed by atoms with Crippen molar-refractivity contribution in [3.05, 3.63) is 42.5 Å². The van der Waals surface area contributed by atoms with E-state index in [0.717, 1.165) is 39.3 Å². The molecule has 1 aromatic heterocycles. The van der Waals surface area contributed by atoms with Crippen molar-refractivity contribution in [3.8, 4) is 17.2 Å². The number of anilines is 2. The lowest BCUT2D eigenvalue weighted by Gasteiger charge is -2.26. The second kappa shape index (κ2) is 9.54. The molecule has 1 saturated heterocycles. The lowest BCUT2D eigenvalue weighted by molar-refractivity contribution is 0.0357. The zero-order valence-electron chi connectivity index (χ0n) is 17.7. The topological polar surface area (TPSA) is 78.0 Å². The van der Waals surface area contributed by atoms with Gasteiger partial charge < -0.3 is 24.3 Å². The zero-order chi connectivity index (χ0) is 21.8. The summed E-state index contributed by atoms with van der Waals surface area (Å²) < 4.78 is 37.0. The van der Waals surface area contributed by atoms with Gasteiger partial charge >= 0.3 is 0 Å². The molecule has 0 bridgehead atoms. The van der Waals surface area contributed by atoms with E-state index < -0.39 is 0 Å². The molecule has 5 rings (SSSR count). The molecular formula is C23H25FN4O4. The van der Waals surface area contributed by atoms with Gasteiger partial charge in [0.05, 0.1) is 30.7 Å². The van der Waals surface area contributed by atoms with Crippen LogP contribution in [0.5, 0.6) is 17.2 Å². The van der Waals surface area contributed by atoms with Crippen LogP contribution in [0.3, 0.4) is 0 Å². The van der Waals surface area contributed by atoms with Crippen molar-refractivity contribution in [2.45, 2.75) is 6.42 Å². The van der Waals surface area contributed by atoms with Gasteiger partial charge in [-0.15, -0.1) is 0 Å². The van der Waals surface area contributed by atoms with Crippen molar-refractivity contribution in [3.63, 3.8) is 0 Å². The predicted octanol–water partition coefficient (Wildman–Crippen LogP) is 3.38. The van der Waals surface area contributed by atoms with Crippen LogP contribution in [0.1, 0.15) is 6.42 Å². The monoisotopic (exact) mass is 440 g/mol. The maximum atomic E-state index is 13.6. The summed E-state index contributed by atoms with van der Waals surface area (Å²) in [5.41, 5.74) is 1.24. The third-order valence-electron chi connectivity index (χ3n) is 5.44. The van der Waals surface area contributed by atoms with E-state index in [2.05, 4.69) is 20.2 Å². The van der Waals surface area contributed by atoms with E-state index in [1.165, 1.54) is 18.5 Å². The fourth-order valence-corrected chi connectivity index (χ4v) is 3.91. The Balaban J connectivity index is 1.39. The van der Waals surface area contributed by atoms with E-state index in [1.54, 1.807) is 12.1 Å². The molecule has 2 aliphatic heterocycles. The fraction of sp³-hybridized carbons (Fsp3) is 0.391. The van der Waals surface area contributed by atoms with E-state index in [9.17, 15) is 4.39 Å². The molecule has 1 N–H and O–H groups in total. The number of morpholine rings is 1. The Morgan fingerprint density at radius 1 is 1.03 bits per heavy atom. The number of rotatable bonds is 7. The number of hydrogen-bond donors (Lipinski definition) is 1. The van der Waals surface area contributed by atoms with Gasteiger partial charge in [-0.2, -0.15) is 0 Å². The number of benzene rings is 2. The van der Waals surface area contributed by atoms with Crippen LogP contribution < -0.4 is 19.5 Å². The van der Waals surface area contributed by atoms with Gasteiger partial charge in [0.1, 0.15) is 31.2 Å². The molecule has 0 aliphatic carbocycles. The van der Waals surface area contributed by atoms with Crippen molar-refractivity contribution in [2.24, 2.45) is 0 Å². The Labute approximate surface area is 185 Å². The normalized spacial score (nSPS) is 16.2. The van der Waals surface area contributed by atoms with E-state index in [0.29, 0.717) is 59.5 Å². The molecule has 32 heavy (non-hydrogen) atoms. The summed E-state index contributed by atoms with van der Waals surface area (Å²) in [5, 5.41) is 3.84. The van der Waals surface area contributed by atoms with Gasteiger partial charge in [-0.1, -0.05) is 6.07 Å². The average Bonchev–Trinajstić information content (AvgIpc) is 2.82. The standard InChI is InChI=1S/C23H25FN4O4/c24-16-3-1-4-17(13-16)27-23-20-18(25-15-26-23)14-19(21-22(20)32-12-11-31-21)30-8-2-5-28-6-9-29-10-7-28/h1,3-4,13-15H,2,5-12H2,(H,25,26,27). The van der Waals surface area contributed by atoms with Crippen LogP contribution in [-0.4, -0.2) is 67.5 Å². The number of halogens is 1. The quantitative estimate of drug-likeness (QED) is 0.561. The van der Waals surface area contributed by atoms with Crippen LogP contribution in [0, 0.1) is 5.82 Å². The minimum atomic E-state index is -0.331. The molecule has 2 aliphatic rings. The highest BCUT2D eigenvalue weighted by molar-refractivity contribution is 5.99. The molecule has 168 valence electrons. The first kappa shape index (κ1) is 20.7. The van der Waals surface area contributed by atoms with Gasteiger partial charge in [0.15, 0.2) is 11.5 Å². The summed E-state index contributed by atoms with van der Waals surface area (Å²) in [7, 11) is 0. The van der Waals surface area contributed by atoms with Crippen LogP contribution in [0.4, 0.5) is 15.9 Å². The largest absolute Gasteiger partial charge is 0.489 e. The Kier molecular flexibility index (Phi) is 6.17. The molecule has 2 aromatic carbocycles. The fourth-order valence-electron chi connectivity index (χ4n) is 3.91. The number of nitrogens with one attached hydrogen (secondary N) is 1. The van der Waals surface area contributed by atoms with Gasteiger partial charge in [0, 0.05) is 31.4 Å². The zero-order valence-corrected chi connectivity index (χ0v) is 17.7. The molecular weight excluding hydrogens is 415 g/mol. The van der Waals surface area contributed by atoms with Crippen LogP contribution in [0.2, 0.25) is 0 Å². The molecule has 3 aromatic rings. The van der Waals surface area contributed by atoms with Gasteiger partial charge in [-0.3, -0.25) is 4.90 Å². The molecule has 1 fully saturated rings. The lowest BCUT2D eigenvalue weighted by Crippen LogP contribution is -2.37. The van der Waals surface area contributed by atoms with Crippen LogP contribution >= 0.6 is 0 Å². The maximum Gasteiger partial charge on any atom is 0.204 e. The molecule has 0 saturated carbocycles. The number of hydrogen-bond acceptors (Lipinski definition) is 8. The minimum absolute atomic E-state index is 0.331. The summed E-state index contributed by atoms with van der Waals surface area (Å²) in [4.78, 5) is 11.1. The van der Waals surface area contributed by atoms with Crippen molar-refractivity contribution in [2.75, 3.05) is 58.0 Å². The molecule has 3 heterocycles. The molecule has 9 heteroatoms. The van der Waals surface area contributed by atoms with Gasteiger partial charge in [0.2, 0.25) is 5.75 Å². The highest BCUT2D eigenvalue weighted by atomic mass is 19.1. The first-order valence-corrected chi connectivity index (χ1v) is 10.8. The first-order chi connectivity index (χ1) is 15.8. The van der Waals surface area contributed by atoms with Gasteiger partial charge in [-0.25, -0.2) is 14.4 Å². The SMILES string of the molecule is Fc1cccc(Nc2ncnc3cc(OCCCN4CCOCC4)c4c(c23)OCCO4)c1. The summed E-state index contributed by atoms with van der Waals surface area (Å²) in [6, 6.07) is 8.05. The van der Waals surface area contributed by atoms with Crippen molar-refractivity contribution < 1.29 is 23.3 Å². The van der Waals surface area contributed by atoms with Gasteiger partial charge in [-0.05, 0) is 24.6 Å². The maximum absolute atomic E-state index is 13.6. The molecule has 0 atom stereocenters. The van der Waals surface area contributed by atoms with Crippen molar-refractivity contribution in [1.82, 2.24) is 14.9 Å². The van der Waals surface area contributed by atoms with Crippen LogP contribution in [0.15, 0.2) is 36.7 Å². The highest BCUT2D eigenvalue weighted by Gasteiger charge is 2.24. The molecule has 0 radical (unpaired) electrons. The third kappa shape index (κ3) is 4.53. The Morgan fingerprint density at radius 3 is 2.72 bits per heavy atom. The number of ether oxygens (including phenoxy) is 4. The Hall–Kier alpha value is -3.17. The summed E-state index contributed by atoms with van der Waals surface area (Å²) >= 11 is 0. The smallest absolute Gasteiger partial charge is 0.204 e. The highest BCUT2D eigenvalue weighted by Crippen LogP contribution is 2.47. The lowest BCUT2D eigenvalue weighted by atomic mass is 10.1. The predicted molar refractivity (Wildman–Crippen MR) is 118 cm³/mol. The van der Waals surface area contributed by atoms with Gasteiger partial charge in [0.25, 0.3) is 0 Å². The van der Waals surface area contributed by atoms with Crippen molar-refractivity contribution >= 4 is 22.4 Å². The van der Waals surface area contributed by atoms with Crippen molar-refractivity contribution in [1.29, 1.82) is 0 Å². The summed E-state index contributed by atoms with van der Waals surface area (Å²) in [6.07, 6.45) is 2.35. The third-order valence-corrected chi connectivity index (χ3v) is 5.44. The second-order valence-corrected chi connectivity index (χ2v) is 7.64. The minimum Gasteiger partial charge on any atom is -0.489 e. The molecule has 8 nitrogen and oxygen atoms in total. The Bertz CT molecular complexity index is 1090. The molecule has 0 spiro atoms. The number of nitrogens with zero attached hydrogens (tertiary/aromatic N) is 3. The van der Waals surface area contributed by atoms with E-state index in [1.807, 2.05) is 6.07 Å². The summed E-state index contributed by atoms with van der Waals surface area (Å²) in [5.74, 6) is 1.87. The van der Waals surface area contributed by atoms with E-state index in [4.69, 9.17) is 18.9 Å². The van der Waals surface area contributed by atoms with Crippen LogP contribution in [0.25, 0.3) is 10.9 Å². The van der Waals surface area contributed by atoms with E-state index in [-0.39, 0.29) is 5.82 Å². The number of fused-ring (bicyclic) bond motifs is 3. The first-order valence-electron chi connectivity index (χ1n) is 10.8. The average molecular weight is 440 g/mol. The number of aromatic nitrogens is 2. The van der Waals surface area contributed by atoms with E-state index >= 15 is 0 Å². The second-order valence-electron chi connectivity index (χ2n) is 7.64. The molecule has 0 unspecified atom stereocenters. The summed E-state index contributed by atoms with van der Waals surface area (Å²) in [6.45, 7) is 5.85. The Morgan fingerprint density at radius 2 is 1.88 bits per heavy atom. The van der Waals surface area contributed by atoms with Crippen LogP contribution in [-0.2, 0) is 4.74 Å². The molecule has 0 amide bonds.